The van der Waals surface area contributed by atoms with Gasteiger partial charge < -0.3 is 10.6 Å². The van der Waals surface area contributed by atoms with Gasteiger partial charge in [-0.2, -0.15) is 0 Å². The van der Waals surface area contributed by atoms with Gasteiger partial charge in [0, 0.05) is 17.5 Å². The van der Waals surface area contributed by atoms with Gasteiger partial charge in [-0.15, -0.1) is 23.7 Å². The third-order valence-electron chi connectivity index (χ3n) is 2.79. The zero-order valence-corrected chi connectivity index (χ0v) is 12.8. The van der Waals surface area contributed by atoms with Crippen molar-refractivity contribution in [3.05, 3.63) is 20.8 Å². The van der Waals surface area contributed by atoms with E-state index in [1.807, 2.05) is 11.4 Å². The summed E-state index contributed by atoms with van der Waals surface area (Å²) in [5.74, 6) is 0.0426. The minimum atomic E-state index is 0. The molecule has 1 aliphatic heterocycles. The number of piperidine rings is 1. The van der Waals surface area contributed by atoms with Crippen molar-refractivity contribution in [2.45, 2.75) is 31.8 Å². The molecule has 2 atom stereocenters. The lowest BCUT2D eigenvalue weighted by atomic mass is 10.0. The van der Waals surface area contributed by atoms with E-state index in [0.29, 0.717) is 12.1 Å². The molecule has 1 aromatic heterocycles. The Labute approximate surface area is 120 Å². The first kappa shape index (κ1) is 15.0. The van der Waals surface area contributed by atoms with E-state index in [2.05, 4.69) is 33.5 Å². The zero-order valence-electron chi connectivity index (χ0n) is 9.53. The maximum absolute atomic E-state index is 11.9. The van der Waals surface area contributed by atoms with Crippen LogP contribution in [0.15, 0.2) is 15.2 Å². The number of hydrogen-bond donors (Lipinski definition) is 2. The van der Waals surface area contributed by atoms with Crippen molar-refractivity contribution in [2.75, 3.05) is 6.54 Å². The maximum atomic E-state index is 11.9. The summed E-state index contributed by atoms with van der Waals surface area (Å²) in [4.78, 5) is 11.9. The normalized spacial score (nSPS) is 23.9. The molecule has 0 aliphatic carbocycles. The van der Waals surface area contributed by atoms with Gasteiger partial charge in [0.2, 0.25) is 0 Å². The lowest BCUT2D eigenvalue weighted by molar-refractivity contribution is 0.0926. The minimum absolute atomic E-state index is 0. The number of nitrogens with one attached hydrogen (secondary N) is 2. The van der Waals surface area contributed by atoms with Crippen LogP contribution >= 0.6 is 39.7 Å². The first-order chi connectivity index (χ1) is 7.65. The predicted octanol–water partition coefficient (Wildman–Crippen LogP) is 2.80. The van der Waals surface area contributed by atoms with Crippen LogP contribution in [0.2, 0.25) is 0 Å². The number of carbonyl (C=O) groups is 1. The van der Waals surface area contributed by atoms with E-state index < -0.39 is 0 Å². The summed E-state index contributed by atoms with van der Waals surface area (Å²) in [5, 5.41) is 8.34. The average molecular weight is 340 g/mol. The SMILES string of the molecule is CC1CC(NC(=O)c2csc(Br)c2)CCN1.Cl. The Hall–Kier alpha value is -0.100. The van der Waals surface area contributed by atoms with Crippen molar-refractivity contribution in [2.24, 2.45) is 0 Å². The zero-order chi connectivity index (χ0) is 11.5. The van der Waals surface area contributed by atoms with Crippen LogP contribution < -0.4 is 10.6 Å². The van der Waals surface area contributed by atoms with Gasteiger partial charge in [0.25, 0.3) is 5.91 Å². The van der Waals surface area contributed by atoms with Gasteiger partial charge in [-0.1, -0.05) is 0 Å². The van der Waals surface area contributed by atoms with Gasteiger partial charge in [-0.25, -0.2) is 0 Å². The molecule has 0 aromatic carbocycles. The maximum Gasteiger partial charge on any atom is 0.252 e. The molecular weight excluding hydrogens is 324 g/mol. The third-order valence-corrected chi connectivity index (χ3v) is 4.29. The Kier molecular flexibility index (Phi) is 5.92. The molecule has 2 rings (SSSR count). The van der Waals surface area contributed by atoms with Crippen molar-refractivity contribution in [1.82, 2.24) is 10.6 Å². The molecule has 1 aromatic rings. The van der Waals surface area contributed by atoms with E-state index in [1.54, 1.807) is 0 Å². The average Bonchev–Trinajstić information content (AvgIpc) is 2.65. The monoisotopic (exact) mass is 338 g/mol. The van der Waals surface area contributed by atoms with Gasteiger partial charge in [-0.3, -0.25) is 4.79 Å². The second-order valence-corrected chi connectivity index (χ2v) is 6.48. The molecule has 1 aliphatic rings. The number of hydrogen-bond acceptors (Lipinski definition) is 3. The van der Waals surface area contributed by atoms with Gasteiger partial charge in [0.05, 0.1) is 9.35 Å². The number of amides is 1. The van der Waals surface area contributed by atoms with Crippen LogP contribution in [0.4, 0.5) is 0 Å². The van der Waals surface area contributed by atoms with Crippen molar-refractivity contribution in [1.29, 1.82) is 0 Å². The highest BCUT2D eigenvalue weighted by atomic mass is 79.9. The Balaban J connectivity index is 0.00000144. The van der Waals surface area contributed by atoms with Crippen LogP contribution in [-0.4, -0.2) is 24.5 Å². The summed E-state index contributed by atoms with van der Waals surface area (Å²) in [6.07, 6.45) is 2.03. The molecule has 1 fully saturated rings. The fourth-order valence-electron chi connectivity index (χ4n) is 1.96. The molecule has 0 bridgehead atoms. The Morgan fingerprint density at radius 1 is 1.65 bits per heavy atom. The molecule has 0 radical (unpaired) electrons. The topological polar surface area (TPSA) is 41.1 Å². The summed E-state index contributed by atoms with van der Waals surface area (Å²) < 4.78 is 0.997. The number of carbonyl (C=O) groups excluding carboxylic acids is 1. The molecule has 1 amide bonds. The van der Waals surface area contributed by atoms with Crippen LogP contribution in [0, 0.1) is 0 Å². The largest absolute Gasteiger partial charge is 0.349 e. The van der Waals surface area contributed by atoms with Crippen molar-refractivity contribution in [3.8, 4) is 0 Å². The van der Waals surface area contributed by atoms with E-state index in [0.717, 1.165) is 28.7 Å². The highest BCUT2D eigenvalue weighted by Crippen LogP contribution is 2.21. The minimum Gasteiger partial charge on any atom is -0.349 e. The molecule has 1 saturated heterocycles. The van der Waals surface area contributed by atoms with Gasteiger partial charge in [0.15, 0.2) is 0 Å². The van der Waals surface area contributed by atoms with Gasteiger partial charge in [0.1, 0.15) is 0 Å². The van der Waals surface area contributed by atoms with Crippen LogP contribution in [-0.2, 0) is 0 Å². The number of thiophene rings is 1. The molecule has 6 heteroatoms. The first-order valence-corrected chi connectivity index (χ1v) is 7.10. The second-order valence-electron chi connectivity index (χ2n) is 4.19. The van der Waals surface area contributed by atoms with E-state index in [-0.39, 0.29) is 18.3 Å². The van der Waals surface area contributed by atoms with E-state index in [4.69, 9.17) is 0 Å². The van der Waals surface area contributed by atoms with Crippen LogP contribution in [0.5, 0.6) is 0 Å². The Bertz CT molecular complexity index is 385. The van der Waals surface area contributed by atoms with Crippen molar-refractivity contribution >= 4 is 45.6 Å². The van der Waals surface area contributed by atoms with E-state index in [9.17, 15) is 4.79 Å². The molecular formula is C11H16BrClN2OS. The fourth-order valence-corrected chi connectivity index (χ4v) is 3.10. The lowest BCUT2D eigenvalue weighted by Crippen LogP contribution is -2.46. The van der Waals surface area contributed by atoms with Crippen LogP contribution in [0.3, 0.4) is 0 Å². The fraction of sp³-hybridized carbons (Fsp3) is 0.545. The molecule has 96 valence electrons. The summed E-state index contributed by atoms with van der Waals surface area (Å²) in [7, 11) is 0. The summed E-state index contributed by atoms with van der Waals surface area (Å²) >= 11 is 4.90. The van der Waals surface area contributed by atoms with E-state index >= 15 is 0 Å². The second kappa shape index (κ2) is 6.73. The standard InChI is InChI=1S/C11H15BrN2OS.ClH/c1-7-4-9(2-3-13-7)14-11(15)8-5-10(12)16-6-8;/h5-7,9,13H,2-4H2,1H3,(H,14,15);1H. The van der Waals surface area contributed by atoms with E-state index in [1.165, 1.54) is 11.3 Å². The Morgan fingerprint density at radius 3 is 3.00 bits per heavy atom. The number of halogens is 2. The molecule has 17 heavy (non-hydrogen) atoms. The summed E-state index contributed by atoms with van der Waals surface area (Å²) in [5.41, 5.74) is 0.753. The quantitative estimate of drug-likeness (QED) is 0.870. The molecule has 2 heterocycles. The molecule has 2 N–H and O–H groups in total. The third kappa shape index (κ3) is 4.25. The first-order valence-electron chi connectivity index (χ1n) is 5.43. The lowest BCUT2D eigenvalue weighted by Gasteiger charge is -2.28. The highest BCUT2D eigenvalue weighted by Gasteiger charge is 2.20. The van der Waals surface area contributed by atoms with Crippen LogP contribution in [0.25, 0.3) is 0 Å². The molecule has 2 unspecified atom stereocenters. The van der Waals surface area contributed by atoms with Gasteiger partial charge >= 0.3 is 0 Å². The Morgan fingerprint density at radius 2 is 2.41 bits per heavy atom. The van der Waals surface area contributed by atoms with Crippen molar-refractivity contribution < 1.29 is 4.79 Å². The molecule has 0 saturated carbocycles. The smallest absolute Gasteiger partial charge is 0.252 e. The predicted molar refractivity (Wildman–Crippen MR) is 77.2 cm³/mol. The van der Waals surface area contributed by atoms with Crippen molar-refractivity contribution in [3.63, 3.8) is 0 Å². The number of rotatable bonds is 2. The van der Waals surface area contributed by atoms with Crippen LogP contribution in [0.1, 0.15) is 30.1 Å². The summed E-state index contributed by atoms with van der Waals surface area (Å²) in [6, 6.07) is 2.67. The molecule has 3 nitrogen and oxygen atoms in total. The molecule has 0 spiro atoms. The summed E-state index contributed by atoms with van der Waals surface area (Å²) in [6.45, 7) is 3.14. The van der Waals surface area contributed by atoms with Gasteiger partial charge in [-0.05, 0) is 48.3 Å². The highest BCUT2D eigenvalue weighted by molar-refractivity contribution is 9.11.